The fraction of sp³-hybridized carbons (Fsp3) is 0.357. The molecule has 1 unspecified atom stereocenters. The minimum Gasteiger partial charge on any atom is -0.380 e. The van der Waals surface area contributed by atoms with Crippen molar-refractivity contribution in [1.29, 1.82) is 0 Å². The molecule has 0 amide bonds. The Labute approximate surface area is 107 Å². The van der Waals surface area contributed by atoms with Crippen LogP contribution in [-0.2, 0) is 11.3 Å². The lowest BCUT2D eigenvalue weighted by molar-refractivity contribution is 0.185. The van der Waals surface area contributed by atoms with E-state index in [1.165, 1.54) is 0 Å². The fourth-order valence-corrected chi connectivity index (χ4v) is 1.88. The average Bonchev–Trinajstić information content (AvgIpc) is 2.88. The molecule has 0 fully saturated rings. The van der Waals surface area contributed by atoms with Crippen LogP contribution in [0.2, 0.25) is 0 Å². The molecule has 1 atom stereocenters. The highest BCUT2D eigenvalue weighted by atomic mass is 16.5. The number of ether oxygens (including phenoxy) is 1. The molecule has 0 aliphatic carbocycles. The quantitative estimate of drug-likeness (QED) is 0.851. The first-order chi connectivity index (χ1) is 8.76. The third-order valence-corrected chi connectivity index (χ3v) is 3.07. The summed E-state index contributed by atoms with van der Waals surface area (Å²) in [5.74, 6) is 0.889. The Morgan fingerprint density at radius 3 is 2.89 bits per heavy atom. The van der Waals surface area contributed by atoms with Crippen LogP contribution >= 0.6 is 0 Å². The Hall–Kier alpha value is -1.65. The molecule has 1 aromatic heterocycles. The summed E-state index contributed by atoms with van der Waals surface area (Å²) in [6, 6.07) is 8.40. The number of hydrogen-bond donors (Lipinski definition) is 2. The van der Waals surface area contributed by atoms with Gasteiger partial charge in [-0.3, -0.25) is 0 Å². The highest BCUT2D eigenvalue weighted by Gasteiger charge is 2.10. The van der Waals surface area contributed by atoms with Crippen LogP contribution in [0.3, 0.4) is 0 Å². The molecule has 1 heterocycles. The number of H-pyrrole nitrogens is 1. The smallest absolute Gasteiger partial charge is 0.137 e. The van der Waals surface area contributed by atoms with Gasteiger partial charge >= 0.3 is 0 Å². The molecular weight excluding hydrogens is 226 g/mol. The first-order valence-corrected chi connectivity index (χ1v) is 6.05. The molecule has 4 heteroatoms. The number of aromatic amines is 1. The fourth-order valence-electron chi connectivity index (χ4n) is 1.88. The summed E-state index contributed by atoms with van der Waals surface area (Å²) < 4.78 is 5.21. The summed E-state index contributed by atoms with van der Waals surface area (Å²) in [7, 11) is 3.64. The van der Waals surface area contributed by atoms with Gasteiger partial charge in [-0.05, 0) is 19.5 Å². The van der Waals surface area contributed by atoms with Gasteiger partial charge in [-0.15, -0.1) is 0 Å². The van der Waals surface area contributed by atoms with Gasteiger partial charge in [0.1, 0.15) is 5.82 Å². The lowest BCUT2D eigenvalue weighted by Gasteiger charge is -2.08. The van der Waals surface area contributed by atoms with Crippen molar-refractivity contribution in [3.8, 4) is 11.4 Å². The van der Waals surface area contributed by atoms with Crippen LogP contribution in [0.25, 0.3) is 11.4 Å². The predicted molar refractivity (Wildman–Crippen MR) is 72.2 cm³/mol. The second-order valence-electron chi connectivity index (χ2n) is 4.29. The molecule has 0 saturated heterocycles. The summed E-state index contributed by atoms with van der Waals surface area (Å²) in [6.07, 6.45) is 1.88. The Balaban J connectivity index is 2.33. The number of aromatic nitrogens is 2. The lowest BCUT2D eigenvalue weighted by atomic mass is 10.1. The largest absolute Gasteiger partial charge is 0.380 e. The minimum atomic E-state index is 0.265. The maximum absolute atomic E-state index is 5.21. The van der Waals surface area contributed by atoms with Crippen LogP contribution in [0.4, 0.5) is 0 Å². The van der Waals surface area contributed by atoms with Crippen LogP contribution in [0.5, 0.6) is 0 Å². The van der Waals surface area contributed by atoms with Crippen molar-refractivity contribution < 1.29 is 4.74 Å². The monoisotopic (exact) mass is 245 g/mol. The molecule has 0 spiro atoms. The van der Waals surface area contributed by atoms with E-state index in [2.05, 4.69) is 34.3 Å². The number of nitrogens with one attached hydrogen (secondary N) is 2. The van der Waals surface area contributed by atoms with E-state index in [4.69, 9.17) is 4.74 Å². The highest BCUT2D eigenvalue weighted by molar-refractivity contribution is 5.60. The first-order valence-electron chi connectivity index (χ1n) is 6.05. The van der Waals surface area contributed by atoms with Gasteiger partial charge < -0.3 is 15.0 Å². The van der Waals surface area contributed by atoms with E-state index in [0.29, 0.717) is 6.61 Å². The van der Waals surface area contributed by atoms with E-state index in [9.17, 15) is 0 Å². The SMILES string of the molecule is CNC(C)c1cnc(-c2ccccc2COC)[nH]1. The van der Waals surface area contributed by atoms with Gasteiger partial charge in [0.25, 0.3) is 0 Å². The summed E-state index contributed by atoms with van der Waals surface area (Å²) in [4.78, 5) is 7.80. The Bertz CT molecular complexity index is 507. The zero-order chi connectivity index (χ0) is 13.0. The van der Waals surface area contributed by atoms with E-state index < -0.39 is 0 Å². The molecule has 18 heavy (non-hydrogen) atoms. The molecule has 2 rings (SSSR count). The summed E-state index contributed by atoms with van der Waals surface area (Å²) in [5.41, 5.74) is 3.31. The van der Waals surface area contributed by atoms with Gasteiger partial charge in [0.15, 0.2) is 0 Å². The molecule has 96 valence electrons. The standard InChI is InChI=1S/C14H19N3O/c1-10(15-2)13-8-16-14(17-13)12-7-5-4-6-11(12)9-18-3/h4-8,10,15H,9H2,1-3H3,(H,16,17). The maximum Gasteiger partial charge on any atom is 0.137 e. The minimum absolute atomic E-state index is 0.265. The molecule has 4 nitrogen and oxygen atoms in total. The Morgan fingerprint density at radius 1 is 1.39 bits per heavy atom. The van der Waals surface area contributed by atoms with E-state index >= 15 is 0 Å². The Morgan fingerprint density at radius 2 is 2.17 bits per heavy atom. The van der Waals surface area contributed by atoms with E-state index in [-0.39, 0.29) is 6.04 Å². The molecule has 0 bridgehead atoms. The van der Waals surface area contributed by atoms with E-state index in [1.54, 1.807) is 7.11 Å². The van der Waals surface area contributed by atoms with Crippen molar-refractivity contribution in [2.75, 3.05) is 14.2 Å². The molecule has 1 aromatic carbocycles. The first kappa shape index (κ1) is 12.8. The lowest BCUT2D eigenvalue weighted by Crippen LogP contribution is -2.12. The van der Waals surface area contributed by atoms with Crippen LogP contribution in [0, 0.1) is 0 Å². The zero-order valence-electron chi connectivity index (χ0n) is 11.0. The maximum atomic E-state index is 5.21. The molecule has 2 N–H and O–H groups in total. The summed E-state index contributed by atoms with van der Waals surface area (Å²) in [5, 5.41) is 3.19. The molecule has 0 radical (unpaired) electrons. The predicted octanol–water partition coefficient (Wildman–Crippen LogP) is 2.50. The second kappa shape index (κ2) is 5.80. The van der Waals surface area contributed by atoms with Crippen molar-refractivity contribution in [3.05, 3.63) is 41.7 Å². The van der Waals surface area contributed by atoms with Gasteiger partial charge in [-0.1, -0.05) is 24.3 Å². The van der Waals surface area contributed by atoms with Crippen molar-refractivity contribution in [1.82, 2.24) is 15.3 Å². The number of hydrogen-bond acceptors (Lipinski definition) is 3. The normalized spacial score (nSPS) is 12.6. The number of nitrogens with zero attached hydrogens (tertiary/aromatic N) is 1. The van der Waals surface area contributed by atoms with E-state index in [1.807, 2.05) is 25.4 Å². The molecular formula is C14H19N3O. The second-order valence-corrected chi connectivity index (χ2v) is 4.29. The van der Waals surface area contributed by atoms with Crippen molar-refractivity contribution >= 4 is 0 Å². The number of imidazole rings is 1. The van der Waals surface area contributed by atoms with Gasteiger partial charge in [-0.2, -0.15) is 0 Å². The van der Waals surface area contributed by atoms with Crippen LogP contribution in [0.1, 0.15) is 24.2 Å². The van der Waals surface area contributed by atoms with Crippen LogP contribution < -0.4 is 5.32 Å². The molecule has 0 aliphatic rings. The topological polar surface area (TPSA) is 49.9 Å². The van der Waals surface area contributed by atoms with E-state index in [0.717, 1.165) is 22.6 Å². The number of methoxy groups -OCH3 is 1. The van der Waals surface area contributed by atoms with Gasteiger partial charge in [0, 0.05) is 18.7 Å². The van der Waals surface area contributed by atoms with Crippen molar-refractivity contribution in [3.63, 3.8) is 0 Å². The van der Waals surface area contributed by atoms with Gasteiger partial charge in [0.05, 0.1) is 18.5 Å². The molecule has 2 aromatic rings. The number of rotatable bonds is 5. The van der Waals surface area contributed by atoms with Gasteiger partial charge in [-0.25, -0.2) is 4.98 Å². The van der Waals surface area contributed by atoms with Gasteiger partial charge in [0.2, 0.25) is 0 Å². The zero-order valence-corrected chi connectivity index (χ0v) is 11.0. The number of benzene rings is 1. The van der Waals surface area contributed by atoms with Crippen molar-refractivity contribution in [2.24, 2.45) is 0 Å². The summed E-state index contributed by atoms with van der Waals surface area (Å²) >= 11 is 0. The van der Waals surface area contributed by atoms with Crippen molar-refractivity contribution in [2.45, 2.75) is 19.6 Å². The summed E-state index contributed by atoms with van der Waals surface area (Å²) in [6.45, 7) is 2.69. The van der Waals surface area contributed by atoms with Crippen LogP contribution in [0.15, 0.2) is 30.5 Å². The molecule has 0 saturated carbocycles. The third-order valence-electron chi connectivity index (χ3n) is 3.07. The Kier molecular flexibility index (Phi) is 4.12. The van der Waals surface area contributed by atoms with Crippen LogP contribution in [-0.4, -0.2) is 24.1 Å². The average molecular weight is 245 g/mol. The highest BCUT2D eigenvalue weighted by Crippen LogP contribution is 2.22. The molecule has 0 aliphatic heterocycles. The third kappa shape index (κ3) is 2.60.